The van der Waals surface area contributed by atoms with Crippen LogP contribution in [0.15, 0.2) is 24.5 Å². The second-order valence-corrected chi connectivity index (χ2v) is 7.86. The number of ether oxygens (including phenoxy) is 1. The van der Waals surface area contributed by atoms with E-state index in [4.69, 9.17) is 4.74 Å². The van der Waals surface area contributed by atoms with Gasteiger partial charge in [-0.25, -0.2) is 4.79 Å². The van der Waals surface area contributed by atoms with E-state index in [1.165, 1.54) is 6.08 Å². The van der Waals surface area contributed by atoms with Crippen molar-refractivity contribution < 1.29 is 14.3 Å². The molecule has 0 aromatic carbocycles. The van der Waals surface area contributed by atoms with Crippen LogP contribution >= 0.6 is 0 Å². The average molecular weight is 359 g/mol. The van der Waals surface area contributed by atoms with Crippen LogP contribution in [0.2, 0.25) is 0 Å². The number of amides is 1. The zero-order chi connectivity index (χ0) is 19.3. The van der Waals surface area contributed by atoms with Crippen molar-refractivity contribution in [2.24, 2.45) is 0 Å². The molecular formula is C20H29N3O3. The number of alkyl carbamates (subject to hydrolysis) is 1. The van der Waals surface area contributed by atoms with Crippen molar-refractivity contribution in [1.29, 1.82) is 0 Å². The predicted molar refractivity (Wildman–Crippen MR) is 101 cm³/mol. The second-order valence-electron chi connectivity index (χ2n) is 7.86. The number of carbonyl (C=O) groups excluding carboxylic acids is 2. The van der Waals surface area contributed by atoms with Gasteiger partial charge in [-0.1, -0.05) is 6.42 Å². The van der Waals surface area contributed by atoms with Gasteiger partial charge in [-0.2, -0.15) is 0 Å². The summed E-state index contributed by atoms with van der Waals surface area (Å²) in [6, 6.07) is 1.71. The summed E-state index contributed by atoms with van der Waals surface area (Å²) in [7, 11) is 3.72. The maximum Gasteiger partial charge on any atom is 0.408 e. The molecule has 1 aliphatic rings. The lowest BCUT2D eigenvalue weighted by Gasteiger charge is -2.24. The van der Waals surface area contributed by atoms with Crippen LogP contribution in [0.1, 0.15) is 67.7 Å². The Hall–Kier alpha value is -2.37. The summed E-state index contributed by atoms with van der Waals surface area (Å²) < 4.78 is 5.37. The minimum Gasteiger partial charge on any atom is -0.444 e. The number of aryl methyl sites for hydroxylation is 1. The molecule has 0 spiro atoms. The van der Waals surface area contributed by atoms with Gasteiger partial charge in [0.25, 0.3) is 0 Å². The highest BCUT2D eigenvalue weighted by Crippen LogP contribution is 2.29. The number of allylic oxidation sites excluding steroid dienone is 1. The molecule has 0 bridgehead atoms. The number of ketones is 1. The minimum atomic E-state index is -0.537. The molecule has 6 heteroatoms. The summed E-state index contributed by atoms with van der Waals surface area (Å²) in [5.41, 5.74) is 1.94. The summed E-state index contributed by atoms with van der Waals surface area (Å²) >= 11 is 0. The molecule has 1 amide bonds. The fraction of sp³-hybridized carbons (Fsp3) is 0.550. The highest BCUT2D eigenvalue weighted by atomic mass is 16.6. The van der Waals surface area contributed by atoms with Gasteiger partial charge < -0.3 is 15.0 Å². The van der Waals surface area contributed by atoms with Crippen molar-refractivity contribution in [3.8, 4) is 0 Å². The molecule has 1 atom stereocenters. The van der Waals surface area contributed by atoms with E-state index < -0.39 is 11.7 Å². The lowest BCUT2D eigenvalue weighted by Crippen LogP contribution is -2.35. The lowest BCUT2D eigenvalue weighted by molar-refractivity contribution is 0.0500. The van der Waals surface area contributed by atoms with Crippen LogP contribution in [0.4, 0.5) is 4.79 Å². The number of rotatable bonds is 4. The fourth-order valence-electron chi connectivity index (χ4n) is 2.89. The van der Waals surface area contributed by atoms with E-state index in [1.807, 2.05) is 45.8 Å². The van der Waals surface area contributed by atoms with E-state index in [0.717, 1.165) is 36.8 Å². The topological polar surface area (TPSA) is 71.5 Å². The largest absolute Gasteiger partial charge is 0.444 e. The predicted octanol–water partition coefficient (Wildman–Crippen LogP) is 3.63. The number of carbonyl (C=O) groups is 2. The van der Waals surface area contributed by atoms with E-state index in [-0.39, 0.29) is 11.8 Å². The Labute approximate surface area is 155 Å². The van der Waals surface area contributed by atoms with Crippen molar-refractivity contribution in [1.82, 2.24) is 15.2 Å². The number of hydrogen-bond donors (Lipinski definition) is 1. The van der Waals surface area contributed by atoms with Gasteiger partial charge in [0.2, 0.25) is 5.78 Å². The molecular weight excluding hydrogens is 330 g/mol. The number of aromatic nitrogens is 1. The Bertz CT molecular complexity index is 690. The van der Waals surface area contributed by atoms with Gasteiger partial charge >= 0.3 is 6.09 Å². The molecule has 0 aliphatic heterocycles. The minimum absolute atomic E-state index is 0.123. The van der Waals surface area contributed by atoms with Crippen molar-refractivity contribution in [2.75, 3.05) is 14.1 Å². The SMILES string of the molecule is CN(C)C=CC(=O)c1cc2c(cn1)C(NC(=O)OC(C)(C)C)CCCC2. The number of pyridine rings is 1. The second kappa shape index (κ2) is 8.34. The Kier molecular flexibility index (Phi) is 6.40. The van der Waals surface area contributed by atoms with E-state index in [1.54, 1.807) is 12.4 Å². The molecule has 0 radical (unpaired) electrons. The Morgan fingerprint density at radius 1 is 1.31 bits per heavy atom. The first-order valence-corrected chi connectivity index (χ1v) is 9.03. The number of nitrogens with zero attached hydrogens (tertiary/aromatic N) is 2. The third kappa shape index (κ3) is 5.86. The van der Waals surface area contributed by atoms with Crippen molar-refractivity contribution in [2.45, 2.75) is 58.1 Å². The standard InChI is InChI=1S/C20H29N3O3/c1-20(2,3)26-19(25)22-16-9-7-6-8-14-12-17(21-13-15(14)16)18(24)10-11-23(4)5/h10-13,16H,6-9H2,1-5H3,(H,22,25). The monoisotopic (exact) mass is 359 g/mol. The highest BCUT2D eigenvalue weighted by Gasteiger charge is 2.24. The number of nitrogens with one attached hydrogen (secondary N) is 1. The normalized spacial score (nSPS) is 17.3. The molecule has 0 saturated heterocycles. The summed E-state index contributed by atoms with van der Waals surface area (Å²) in [6.07, 6.45) is 8.25. The Balaban J connectivity index is 2.20. The number of fused-ring (bicyclic) bond motifs is 1. The average Bonchev–Trinajstić information content (AvgIpc) is 2.72. The van der Waals surface area contributed by atoms with Gasteiger partial charge in [-0.05, 0) is 57.2 Å². The van der Waals surface area contributed by atoms with Crippen LogP contribution in [0, 0.1) is 0 Å². The summed E-state index contributed by atoms with van der Waals surface area (Å²) in [5.74, 6) is -0.123. The summed E-state index contributed by atoms with van der Waals surface area (Å²) in [4.78, 5) is 30.6. The molecule has 1 aliphatic carbocycles. The number of hydrogen-bond acceptors (Lipinski definition) is 5. The van der Waals surface area contributed by atoms with E-state index >= 15 is 0 Å². The molecule has 1 heterocycles. The highest BCUT2D eigenvalue weighted by molar-refractivity contribution is 6.03. The van der Waals surface area contributed by atoms with Crippen molar-refractivity contribution in [3.63, 3.8) is 0 Å². The molecule has 142 valence electrons. The van der Waals surface area contributed by atoms with Gasteiger partial charge in [-0.3, -0.25) is 9.78 Å². The van der Waals surface area contributed by atoms with Gasteiger partial charge in [0.15, 0.2) is 0 Å². The van der Waals surface area contributed by atoms with Gasteiger partial charge in [0, 0.05) is 32.6 Å². The molecule has 1 unspecified atom stereocenters. The van der Waals surface area contributed by atoms with Crippen molar-refractivity contribution >= 4 is 11.9 Å². The van der Waals surface area contributed by atoms with E-state index in [0.29, 0.717) is 5.69 Å². The Morgan fingerprint density at radius 3 is 2.69 bits per heavy atom. The first-order valence-electron chi connectivity index (χ1n) is 9.03. The zero-order valence-corrected chi connectivity index (χ0v) is 16.3. The van der Waals surface area contributed by atoms with Crippen LogP contribution in [-0.2, 0) is 11.2 Å². The quantitative estimate of drug-likeness (QED) is 0.505. The lowest BCUT2D eigenvalue weighted by atomic mass is 10.00. The first-order chi connectivity index (χ1) is 12.2. The van der Waals surface area contributed by atoms with Crippen LogP contribution in [0.5, 0.6) is 0 Å². The molecule has 6 nitrogen and oxygen atoms in total. The van der Waals surface area contributed by atoms with Crippen LogP contribution in [0.25, 0.3) is 0 Å². The molecule has 1 N–H and O–H groups in total. The van der Waals surface area contributed by atoms with Crippen molar-refractivity contribution in [3.05, 3.63) is 41.4 Å². The van der Waals surface area contributed by atoms with E-state index in [9.17, 15) is 9.59 Å². The third-order valence-electron chi connectivity index (χ3n) is 4.06. The fourth-order valence-corrected chi connectivity index (χ4v) is 2.89. The Morgan fingerprint density at radius 2 is 2.04 bits per heavy atom. The van der Waals surface area contributed by atoms with Crippen LogP contribution in [-0.4, -0.2) is 41.5 Å². The maximum atomic E-state index is 12.3. The summed E-state index contributed by atoms with van der Waals surface area (Å²) in [6.45, 7) is 5.52. The first kappa shape index (κ1) is 19.9. The van der Waals surface area contributed by atoms with Gasteiger partial charge in [0.05, 0.1) is 6.04 Å². The third-order valence-corrected chi connectivity index (χ3v) is 4.06. The summed E-state index contributed by atoms with van der Waals surface area (Å²) in [5, 5.41) is 2.95. The zero-order valence-electron chi connectivity index (χ0n) is 16.3. The molecule has 1 aromatic heterocycles. The van der Waals surface area contributed by atoms with Gasteiger partial charge in [-0.15, -0.1) is 0 Å². The van der Waals surface area contributed by atoms with Crippen LogP contribution in [0.3, 0.4) is 0 Å². The molecule has 2 rings (SSSR count). The maximum absolute atomic E-state index is 12.3. The van der Waals surface area contributed by atoms with Crippen LogP contribution < -0.4 is 5.32 Å². The molecule has 0 saturated carbocycles. The van der Waals surface area contributed by atoms with E-state index in [2.05, 4.69) is 10.3 Å². The molecule has 1 aromatic rings. The van der Waals surface area contributed by atoms with Gasteiger partial charge in [0.1, 0.15) is 11.3 Å². The smallest absolute Gasteiger partial charge is 0.408 e. The molecule has 0 fully saturated rings. The molecule has 26 heavy (non-hydrogen) atoms.